The first-order valence-electron chi connectivity index (χ1n) is 20.3. The van der Waals surface area contributed by atoms with Gasteiger partial charge in [-0.3, -0.25) is 43.8 Å². The van der Waals surface area contributed by atoms with Gasteiger partial charge in [0.2, 0.25) is 17.7 Å². The molecule has 2 saturated heterocycles. The number of nitrogens with one attached hydrogen (secondary N) is 2. The zero-order valence-corrected chi connectivity index (χ0v) is 35.2. The van der Waals surface area contributed by atoms with E-state index in [9.17, 15) is 38.9 Å². The van der Waals surface area contributed by atoms with Gasteiger partial charge in [0, 0.05) is 77.5 Å². The molecule has 22 heteroatoms. The lowest BCUT2D eigenvalue weighted by molar-refractivity contribution is -0.140. The van der Waals surface area contributed by atoms with E-state index in [1.54, 1.807) is 27.2 Å². The van der Waals surface area contributed by atoms with Crippen molar-refractivity contribution in [1.29, 1.82) is 0 Å². The molecule has 4 rings (SSSR count). The number of carboxylic acid groups (broad SMARTS) is 3. The van der Waals surface area contributed by atoms with Crippen molar-refractivity contribution in [3.63, 3.8) is 0 Å². The van der Waals surface area contributed by atoms with Crippen molar-refractivity contribution >= 4 is 53.0 Å². The van der Waals surface area contributed by atoms with Crippen LogP contribution >= 0.6 is 0 Å². The molecule has 21 nitrogen and oxygen atoms in total. The number of aromatic nitrogens is 4. The number of unbranched alkanes of at least 4 members (excludes halogenated alkanes) is 2. The third-order valence-corrected chi connectivity index (χ3v) is 10.1. The Morgan fingerprint density at radius 2 is 1.42 bits per heavy atom. The van der Waals surface area contributed by atoms with E-state index in [1.165, 1.54) is 7.11 Å². The predicted molar refractivity (Wildman–Crippen MR) is 223 cm³/mol. The standard InChI is InChI=1S/C38H62FN13O8/c1-38(2,3)52-26-43-33-35(45-37(46-36(33)52)51-11-8-27(39)21-51)44-28(34(40)60-4)20-41-9-6-5-7-10-42-29(53)22-47-12-14-48(23-30(54)55)16-18-50(25-32(58)59)19-17-49(15-13-47)24-31(56)57/h20,26-27H,5-19,21-25,40H2,1-4H3,(H,42,53)(H,54,55)(H,56,57)(H,58,59)(H,44,45,46)/b34-28-,41-20?/t27-/m0/s1. The number of carbonyl (C=O) groups is 4. The second-order valence-corrected chi connectivity index (χ2v) is 16.0. The molecule has 0 saturated carbocycles. The Bertz CT molecular complexity index is 1790. The van der Waals surface area contributed by atoms with Crippen LogP contribution in [0.15, 0.2) is 22.9 Å². The number of carboxylic acids is 3. The monoisotopic (exact) mass is 847 g/mol. The number of imidazole rings is 1. The molecule has 2 aliphatic rings. The number of nitrogens with zero attached hydrogens (tertiary/aromatic N) is 10. The van der Waals surface area contributed by atoms with E-state index >= 15 is 0 Å². The number of hydrogen-bond acceptors (Lipinski definition) is 16. The van der Waals surface area contributed by atoms with Gasteiger partial charge in [0.25, 0.3) is 0 Å². The van der Waals surface area contributed by atoms with Crippen molar-refractivity contribution in [2.75, 3.05) is 122 Å². The number of halogens is 1. The number of ether oxygens (including phenoxy) is 1. The van der Waals surface area contributed by atoms with Crippen molar-refractivity contribution in [2.45, 2.75) is 58.2 Å². The van der Waals surface area contributed by atoms with Gasteiger partial charge in [-0.1, -0.05) is 0 Å². The Balaban J connectivity index is 1.29. The normalized spacial score (nSPS) is 18.9. The van der Waals surface area contributed by atoms with Crippen LogP contribution in [0, 0.1) is 0 Å². The number of amides is 1. The van der Waals surface area contributed by atoms with Crippen LogP contribution in [0.4, 0.5) is 16.2 Å². The van der Waals surface area contributed by atoms with E-state index in [0.717, 1.165) is 12.8 Å². The minimum absolute atomic E-state index is 0.0469. The minimum atomic E-state index is -1.02. The number of nitrogens with two attached hydrogens (primary N) is 1. The summed E-state index contributed by atoms with van der Waals surface area (Å²) in [5.41, 5.74) is 7.35. The summed E-state index contributed by atoms with van der Waals surface area (Å²) in [5.74, 6) is -2.41. The lowest BCUT2D eigenvalue weighted by Gasteiger charge is -2.32. The second kappa shape index (κ2) is 23.0. The third-order valence-electron chi connectivity index (χ3n) is 10.1. The zero-order valence-electron chi connectivity index (χ0n) is 35.2. The fourth-order valence-corrected chi connectivity index (χ4v) is 6.83. The number of carbonyl (C=O) groups excluding carboxylic acids is 1. The molecule has 4 heterocycles. The summed E-state index contributed by atoms with van der Waals surface area (Å²) in [6.45, 7) is 9.60. The zero-order chi connectivity index (χ0) is 43.8. The predicted octanol–water partition coefficient (Wildman–Crippen LogP) is 0.148. The number of fused-ring (bicyclic) bond motifs is 1. The molecule has 334 valence electrons. The molecule has 0 spiro atoms. The Hall–Kier alpha value is -5.19. The molecule has 0 unspecified atom stereocenters. The van der Waals surface area contributed by atoms with E-state index in [-0.39, 0.29) is 50.1 Å². The molecular formula is C38H62FN13O8. The van der Waals surface area contributed by atoms with Crippen LogP contribution in [0.2, 0.25) is 0 Å². The number of rotatable bonds is 19. The molecule has 2 aromatic heterocycles. The molecule has 2 aliphatic heterocycles. The lowest BCUT2D eigenvalue weighted by atomic mass is 10.1. The Kier molecular flexibility index (Phi) is 18.2. The SMILES string of the molecule is CO/C(N)=C(/C=NCCCCCNC(=O)CN1CCN(CC(=O)O)CCN(CC(=O)O)CCN(CC(=O)O)CC1)Nc1nc(N2CC[C@H](F)C2)nc2c1ncn2C(C)(C)C. The van der Waals surface area contributed by atoms with Crippen molar-refractivity contribution in [3.8, 4) is 0 Å². The van der Waals surface area contributed by atoms with Gasteiger partial charge >= 0.3 is 17.9 Å². The van der Waals surface area contributed by atoms with Crippen LogP contribution in [0.5, 0.6) is 0 Å². The molecule has 1 amide bonds. The van der Waals surface area contributed by atoms with Crippen molar-refractivity contribution in [1.82, 2.24) is 44.4 Å². The molecule has 0 aromatic carbocycles. The maximum atomic E-state index is 14.2. The van der Waals surface area contributed by atoms with Crippen LogP contribution < -0.4 is 21.3 Å². The maximum Gasteiger partial charge on any atom is 0.317 e. The lowest BCUT2D eigenvalue weighted by Crippen LogP contribution is -2.49. The van der Waals surface area contributed by atoms with Crippen molar-refractivity contribution in [2.24, 2.45) is 10.7 Å². The van der Waals surface area contributed by atoms with Crippen LogP contribution in [-0.2, 0) is 29.5 Å². The first-order chi connectivity index (χ1) is 28.5. The van der Waals surface area contributed by atoms with Crippen LogP contribution in [0.1, 0.15) is 46.5 Å². The Labute approximate surface area is 349 Å². The quantitative estimate of drug-likeness (QED) is 0.0625. The van der Waals surface area contributed by atoms with Gasteiger partial charge in [-0.15, -0.1) is 0 Å². The average molecular weight is 848 g/mol. The van der Waals surface area contributed by atoms with E-state index in [4.69, 9.17) is 20.4 Å². The summed E-state index contributed by atoms with van der Waals surface area (Å²) in [6, 6.07) is 0. The van der Waals surface area contributed by atoms with Crippen molar-refractivity contribution < 1.29 is 43.6 Å². The van der Waals surface area contributed by atoms with Gasteiger partial charge in [0.15, 0.2) is 17.0 Å². The first kappa shape index (κ1) is 47.5. The highest BCUT2D eigenvalue weighted by atomic mass is 19.1. The number of allylic oxidation sites excluding steroid dienone is 1. The molecule has 1 atom stereocenters. The first-order valence-corrected chi connectivity index (χ1v) is 20.3. The van der Waals surface area contributed by atoms with E-state index in [2.05, 4.69) is 20.6 Å². The number of aliphatic carboxylic acids is 3. The largest absolute Gasteiger partial charge is 0.481 e. The van der Waals surface area contributed by atoms with E-state index in [1.807, 2.05) is 35.1 Å². The number of anilines is 2. The van der Waals surface area contributed by atoms with Crippen molar-refractivity contribution in [3.05, 3.63) is 17.9 Å². The molecule has 0 bridgehead atoms. The van der Waals surface area contributed by atoms with Gasteiger partial charge in [0.05, 0.1) is 52.4 Å². The molecule has 0 aliphatic carbocycles. The molecule has 0 radical (unpaired) electrons. The molecule has 2 fully saturated rings. The van der Waals surface area contributed by atoms with Crippen LogP contribution in [0.3, 0.4) is 0 Å². The molecule has 7 N–H and O–H groups in total. The Morgan fingerprint density at radius 3 is 1.90 bits per heavy atom. The highest BCUT2D eigenvalue weighted by molar-refractivity contribution is 5.90. The number of alkyl halides is 1. The summed E-state index contributed by atoms with van der Waals surface area (Å²) in [5, 5.41) is 34.5. The summed E-state index contributed by atoms with van der Waals surface area (Å²) in [6.07, 6.45) is 4.90. The van der Waals surface area contributed by atoms with Gasteiger partial charge in [0.1, 0.15) is 11.9 Å². The van der Waals surface area contributed by atoms with Gasteiger partial charge in [-0.25, -0.2) is 9.37 Å². The van der Waals surface area contributed by atoms with Gasteiger partial charge < -0.3 is 45.9 Å². The fourth-order valence-electron chi connectivity index (χ4n) is 6.83. The van der Waals surface area contributed by atoms with Crippen LogP contribution in [-0.4, -0.2) is 202 Å². The third kappa shape index (κ3) is 15.4. The highest BCUT2D eigenvalue weighted by Crippen LogP contribution is 2.29. The summed E-state index contributed by atoms with van der Waals surface area (Å²) in [4.78, 5) is 75.0. The highest BCUT2D eigenvalue weighted by Gasteiger charge is 2.28. The van der Waals surface area contributed by atoms with E-state index < -0.39 is 24.1 Å². The number of methoxy groups -OCH3 is 1. The number of aliphatic imine (C=N–C) groups is 1. The Morgan fingerprint density at radius 1 is 0.867 bits per heavy atom. The van der Waals surface area contributed by atoms with Gasteiger partial charge in [-0.05, 0) is 46.5 Å². The average Bonchev–Trinajstić information content (AvgIpc) is 3.82. The maximum absolute atomic E-state index is 14.2. The molecule has 2 aromatic rings. The minimum Gasteiger partial charge on any atom is -0.481 e. The smallest absolute Gasteiger partial charge is 0.317 e. The summed E-state index contributed by atoms with van der Waals surface area (Å²) < 4.78 is 21.4. The fraction of sp³-hybridized carbons (Fsp3) is 0.684. The molecular weight excluding hydrogens is 785 g/mol. The second-order valence-electron chi connectivity index (χ2n) is 16.0. The molecule has 60 heavy (non-hydrogen) atoms. The van der Waals surface area contributed by atoms with Crippen LogP contribution in [0.25, 0.3) is 11.2 Å². The summed E-state index contributed by atoms with van der Waals surface area (Å²) >= 11 is 0. The summed E-state index contributed by atoms with van der Waals surface area (Å²) in [7, 11) is 1.44. The van der Waals surface area contributed by atoms with E-state index in [0.29, 0.717) is 113 Å². The topological polar surface area (TPSA) is 260 Å². The number of hydrogen-bond donors (Lipinski definition) is 6. The van der Waals surface area contributed by atoms with Gasteiger partial charge in [-0.2, -0.15) is 9.97 Å².